The van der Waals surface area contributed by atoms with Crippen molar-refractivity contribution in [3.63, 3.8) is 0 Å². The summed E-state index contributed by atoms with van der Waals surface area (Å²) in [6.07, 6.45) is 0.161. The molecule has 1 aromatic carbocycles. The van der Waals surface area contributed by atoms with E-state index in [1.807, 2.05) is 44.2 Å². The molecule has 6 nitrogen and oxygen atoms in total. The molecule has 23 heavy (non-hydrogen) atoms. The third-order valence-corrected chi connectivity index (χ3v) is 4.27. The number of hydrogen-bond acceptors (Lipinski definition) is 4. The Morgan fingerprint density at radius 1 is 1.22 bits per heavy atom. The molecule has 1 atom stereocenters. The van der Waals surface area contributed by atoms with Crippen LogP contribution in [0.4, 0.5) is 4.79 Å². The van der Waals surface area contributed by atoms with Gasteiger partial charge in [-0.25, -0.2) is 4.79 Å². The zero-order chi connectivity index (χ0) is 16.9. The van der Waals surface area contributed by atoms with Crippen LogP contribution in [-0.4, -0.2) is 46.7 Å². The number of nitrogens with zero attached hydrogens (tertiary/aromatic N) is 1. The van der Waals surface area contributed by atoms with Crippen LogP contribution in [-0.2, 0) is 16.1 Å². The van der Waals surface area contributed by atoms with Gasteiger partial charge in [0.2, 0.25) is 0 Å². The van der Waals surface area contributed by atoms with Gasteiger partial charge in [-0.2, -0.15) is 0 Å². The van der Waals surface area contributed by atoms with Crippen molar-refractivity contribution < 1.29 is 19.4 Å². The van der Waals surface area contributed by atoms with Gasteiger partial charge in [0.25, 0.3) is 5.91 Å². The van der Waals surface area contributed by atoms with Crippen LogP contribution in [0.2, 0.25) is 0 Å². The van der Waals surface area contributed by atoms with Crippen LogP contribution in [0.5, 0.6) is 0 Å². The molecule has 0 saturated carbocycles. The summed E-state index contributed by atoms with van der Waals surface area (Å²) in [5, 5.41) is 12.8. The normalized spacial score (nSPS) is 18.1. The Labute approximate surface area is 136 Å². The summed E-state index contributed by atoms with van der Waals surface area (Å²) < 4.78 is 5.45. The summed E-state index contributed by atoms with van der Waals surface area (Å²) in [5.74, 6) is -0.269. The number of carbonyl (C=O) groups is 2. The molecular weight excluding hydrogens is 296 g/mol. The van der Waals surface area contributed by atoms with Crippen LogP contribution in [0.25, 0.3) is 0 Å². The third-order valence-electron chi connectivity index (χ3n) is 4.27. The van der Waals surface area contributed by atoms with Crippen molar-refractivity contribution in [3.8, 4) is 0 Å². The second kappa shape index (κ2) is 7.57. The molecule has 0 aromatic heterocycles. The van der Waals surface area contributed by atoms with Crippen molar-refractivity contribution in [1.82, 2.24) is 10.2 Å². The Kier molecular flexibility index (Phi) is 5.74. The molecule has 1 saturated heterocycles. The first-order valence-electron chi connectivity index (χ1n) is 7.96. The molecule has 1 aliphatic heterocycles. The van der Waals surface area contributed by atoms with Gasteiger partial charge in [-0.05, 0) is 18.4 Å². The molecule has 0 bridgehead atoms. The maximum atomic E-state index is 12.4. The van der Waals surface area contributed by atoms with Crippen LogP contribution < -0.4 is 5.32 Å². The fourth-order valence-electron chi connectivity index (χ4n) is 2.72. The molecule has 2 N–H and O–H groups in total. The van der Waals surface area contributed by atoms with Crippen LogP contribution in [0.15, 0.2) is 30.3 Å². The van der Waals surface area contributed by atoms with Gasteiger partial charge in [0.1, 0.15) is 5.54 Å². The number of imide groups is 1. The Morgan fingerprint density at radius 2 is 1.87 bits per heavy atom. The average molecular weight is 320 g/mol. The summed E-state index contributed by atoms with van der Waals surface area (Å²) in [5.41, 5.74) is 0.174. The van der Waals surface area contributed by atoms with Gasteiger partial charge in [0, 0.05) is 0 Å². The van der Waals surface area contributed by atoms with E-state index in [0.29, 0.717) is 19.4 Å². The molecule has 6 heteroatoms. The molecule has 1 aromatic rings. The number of ether oxygens (including phenoxy) is 1. The Morgan fingerprint density at radius 3 is 2.43 bits per heavy atom. The number of β-amino-alcohol motifs (C(OH)–C–C–N with tert-alkyl or cyclic N) is 1. The van der Waals surface area contributed by atoms with Crippen LogP contribution in [0.3, 0.4) is 0 Å². The fourth-order valence-corrected chi connectivity index (χ4v) is 2.72. The molecule has 0 aliphatic carbocycles. The summed E-state index contributed by atoms with van der Waals surface area (Å²) in [4.78, 5) is 25.5. The standard InChI is InChI=1S/C17H24N2O4/c1-3-17(4-2)15(21)19(16(22)18-17)10-14(20)12-23-11-13-8-6-5-7-9-13/h5-9,14,20H,3-4,10-12H2,1-2H3,(H,18,22). The van der Waals surface area contributed by atoms with Gasteiger partial charge < -0.3 is 15.2 Å². The van der Waals surface area contributed by atoms with E-state index < -0.39 is 17.7 Å². The molecule has 1 heterocycles. The van der Waals surface area contributed by atoms with E-state index in [0.717, 1.165) is 10.5 Å². The smallest absolute Gasteiger partial charge is 0.325 e. The zero-order valence-corrected chi connectivity index (χ0v) is 13.6. The Bertz CT molecular complexity index is 543. The van der Waals surface area contributed by atoms with E-state index in [2.05, 4.69) is 5.32 Å². The number of amides is 3. The van der Waals surface area contributed by atoms with E-state index in [4.69, 9.17) is 4.74 Å². The SMILES string of the molecule is CCC1(CC)NC(=O)N(CC(O)COCc2ccccc2)C1=O. The number of nitrogens with one attached hydrogen (secondary N) is 1. The van der Waals surface area contributed by atoms with Crippen LogP contribution in [0.1, 0.15) is 32.3 Å². The highest BCUT2D eigenvalue weighted by molar-refractivity contribution is 6.07. The highest BCUT2D eigenvalue weighted by atomic mass is 16.5. The molecule has 0 radical (unpaired) electrons. The van der Waals surface area contributed by atoms with Gasteiger partial charge in [0.15, 0.2) is 0 Å². The molecule has 1 fully saturated rings. The number of aliphatic hydroxyl groups excluding tert-OH is 1. The lowest BCUT2D eigenvalue weighted by molar-refractivity contribution is -0.133. The van der Waals surface area contributed by atoms with E-state index in [9.17, 15) is 14.7 Å². The van der Waals surface area contributed by atoms with Crippen molar-refractivity contribution in [3.05, 3.63) is 35.9 Å². The van der Waals surface area contributed by atoms with Crippen LogP contribution in [0, 0.1) is 0 Å². The van der Waals surface area contributed by atoms with Crippen molar-refractivity contribution in [2.45, 2.75) is 44.9 Å². The monoisotopic (exact) mass is 320 g/mol. The largest absolute Gasteiger partial charge is 0.389 e. The number of hydrogen-bond donors (Lipinski definition) is 2. The average Bonchev–Trinajstić information content (AvgIpc) is 2.80. The van der Waals surface area contributed by atoms with Gasteiger partial charge >= 0.3 is 6.03 Å². The first-order chi connectivity index (χ1) is 11.0. The number of rotatable bonds is 8. The predicted molar refractivity (Wildman–Crippen MR) is 85.7 cm³/mol. The first-order valence-corrected chi connectivity index (χ1v) is 7.96. The van der Waals surface area contributed by atoms with Gasteiger partial charge in [-0.15, -0.1) is 0 Å². The topological polar surface area (TPSA) is 78.9 Å². The van der Waals surface area contributed by atoms with Crippen molar-refractivity contribution >= 4 is 11.9 Å². The second-order valence-corrected chi connectivity index (χ2v) is 5.79. The van der Waals surface area contributed by atoms with Gasteiger partial charge in [0.05, 0.1) is 25.9 Å². The van der Waals surface area contributed by atoms with Crippen molar-refractivity contribution in [2.24, 2.45) is 0 Å². The fraction of sp³-hybridized carbons (Fsp3) is 0.529. The molecule has 2 rings (SSSR count). The van der Waals surface area contributed by atoms with Crippen molar-refractivity contribution in [2.75, 3.05) is 13.2 Å². The van der Waals surface area contributed by atoms with E-state index in [1.54, 1.807) is 0 Å². The molecule has 1 aliphatic rings. The molecule has 126 valence electrons. The van der Waals surface area contributed by atoms with E-state index >= 15 is 0 Å². The minimum atomic E-state index is -0.905. The number of benzene rings is 1. The van der Waals surface area contributed by atoms with Gasteiger partial charge in [-0.3, -0.25) is 9.69 Å². The lowest BCUT2D eigenvalue weighted by Crippen LogP contribution is -2.46. The second-order valence-electron chi connectivity index (χ2n) is 5.79. The molecule has 3 amide bonds. The van der Waals surface area contributed by atoms with Crippen molar-refractivity contribution in [1.29, 1.82) is 0 Å². The quantitative estimate of drug-likeness (QED) is 0.714. The zero-order valence-electron chi connectivity index (χ0n) is 13.6. The lowest BCUT2D eigenvalue weighted by atomic mass is 9.93. The third kappa shape index (κ3) is 3.89. The molecule has 1 unspecified atom stereocenters. The van der Waals surface area contributed by atoms with E-state index in [-0.39, 0.29) is 19.1 Å². The first kappa shape index (κ1) is 17.4. The molecule has 0 spiro atoms. The summed E-state index contributed by atoms with van der Waals surface area (Å²) in [7, 11) is 0. The van der Waals surface area contributed by atoms with Gasteiger partial charge in [-0.1, -0.05) is 44.2 Å². The predicted octanol–water partition coefficient (Wildman–Crippen LogP) is 1.67. The summed E-state index contributed by atoms with van der Waals surface area (Å²) in [6, 6.07) is 9.17. The molecular formula is C17H24N2O4. The minimum absolute atomic E-state index is 0.0544. The Hall–Kier alpha value is -1.92. The lowest BCUT2D eigenvalue weighted by Gasteiger charge is -2.23. The minimum Gasteiger partial charge on any atom is -0.389 e. The van der Waals surface area contributed by atoms with Crippen LogP contribution >= 0.6 is 0 Å². The van der Waals surface area contributed by atoms with E-state index in [1.165, 1.54) is 0 Å². The summed E-state index contributed by atoms with van der Waals surface area (Å²) in [6.45, 7) is 4.12. The highest BCUT2D eigenvalue weighted by Crippen LogP contribution is 2.24. The maximum absolute atomic E-state index is 12.4. The Balaban J connectivity index is 1.84. The number of urea groups is 1. The summed E-state index contributed by atoms with van der Waals surface area (Å²) >= 11 is 0. The number of aliphatic hydroxyl groups is 1. The maximum Gasteiger partial charge on any atom is 0.325 e. The number of carbonyl (C=O) groups excluding carboxylic acids is 2. The highest BCUT2D eigenvalue weighted by Gasteiger charge is 2.48.